The van der Waals surface area contributed by atoms with Gasteiger partial charge in [0.15, 0.2) is 5.78 Å². The molecule has 0 amide bonds. The van der Waals surface area contributed by atoms with E-state index in [1.807, 2.05) is 50.2 Å². The molecule has 5 nitrogen and oxygen atoms in total. The summed E-state index contributed by atoms with van der Waals surface area (Å²) in [6.45, 7) is 8.20. The number of carbonyl (C=O) groups excluding carboxylic acids is 1. The van der Waals surface area contributed by atoms with Crippen LogP contribution in [0.1, 0.15) is 48.2 Å². The SMILES string of the molecule is Cc1ccc(C(=O)[C@@H](C)Sc2nnnn2-c2ccc(C(C)C)cc2)cc1. The van der Waals surface area contributed by atoms with Crippen molar-refractivity contribution in [3.8, 4) is 5.69 Å². The monoisotopic (exact) mass is 366 g/mol. The van der Waals surface area contributed by atoms with Crippen molar-refractivity contribution in [1.82, 2.24) is 20.2 Å². The number of carbonyl (C=O) groups is 1. The Morgan fingerprint density at radius 2 is 1.65 bits per heavy atom. The Morgan fingerprint density at radius 1 is 1.00 bits per heavy atom. The van der Waals surface area contributed by atoms with Gasteiger partial charge in [0.1, 0.15) is 0 Å². The van der Waals surface area contributed by atoms with Gasteiger partial charge < -0.3 is 0 Å². The van der Waals surface area contributed by atoms with Gasteiger partial charge >= 0.3 is 0 Å². The van der Waals surface area contributed by atoms with E-state index in [-0.39, 0.29) is 11.0 Å². The number of Topliss-reactive ketones (excluding diaryl/α,β-unsaturated/α-hetero) is 1. The van der Waals surface area contributed by atoms with Crippen LogP contribution < -0.4 is 0 Å². The quantitative estimate of drug-likeness (QED) is 0.476. The fraction of sp³-hybridized carbons (Fsp3) is 0.300. The van der Waals surface area contributed by atoms with Crippen molar-refractivity contribution >= 4 is 17.5 Å². The third-order valence-electron chi connectivity index (χ3n) is 4.23. The van der Waals surface area contributed by atoms with Crippen LogP contribution in [0.5, 0.6) is 0 Å². The third-order valence-corrected chi connectivity index (χ3v) is 5.27. The lowest BCUT2D eigenvalue weighted by atomic mass is 10.0. The lowest BCUT2D eigenvalue weighted by molar-refractivity contribution is 0.0994. The highest BCUT2D eigenvalue weighted by atomic mass is 32.2. The zero-order chi connectivity index (χ0) is 18.7. The van der Waals surface area contributed by atoms with Crippen LogP contribution in [0.3, 0.4) is 0 Å². The Hall–Kier alpha value is -2.47. The van der Waals surface area contributed by atoms with Gasteiger partial charge in [-0.25, -0.2) is 0 Å². The van der Waals surface area contributed by atoms with Crippen LogP contribution in [0.15, 0.2) is 53.7 Å². The molecule has 0 radical (unpaired) electrons. The minimum Gasteiger partial charge on any atom is -0.293 e. The molecule has 0 aliphatic carbocycles. The van der Waals surface area contributed by atoms with Gasteiger partial charge in [0, 0.05) is 5.56 Å². The summed E-state index contributed by atoms with van der Waals surface area (Å²) in [5.74, 6) is 0.540. The van der Waals surface area contributed by atoms with E-state index >= 15 is 0 Å². The number of rotatable bonds is 6. The summed E-state index contributed by atoms with van der Waals surface area (Å²) in [4.78, 5) is 12.7. The number of aryl methyl sites for hydroxylation is 1. The Kier molecular flexibility index (Phi) is 5.52. The van der Waals surface area contributed by atoms with Crippen molar-refractivity contribution < 1.29 is 4.79 Å². The predicted molar refractivity (Wildman–Crippen MR) is 104 cm³/mol. The van der Waals surface area contributed by atoms with E-state index in [2.05, 4.69) is 41.5 Å². The summed E-state index contributed by atoms with van der Waals surface area (Å²) in [5, 5.41) is 12.3. The first-order valence-electron chi connectivity index (χ1n) is 8.62. The molecule has 0 saturated heterocycles. The van der Waals surface area contributed by atoms with Crippen molar-refractivity contribution in [3.05, 3.63) is 65.2 Å². The second-order valence-corrected chi connectivity index (χ2v) is 7.92. The molecule has 2 aromatic carbocycles. The summed E-state index contributed by atoms with van der Waals surface area (Å²) in [7, 11) is 0. The number of benzene rings is 2. The van der Waals surface area contributed by atoms with Crippen LogP contribution in [0.2, 0.25) is 0 Å². The zero-order valence-electron chi connectivity index (χ0n) is 15.4. The first-order chi connectivity index (χ1) is 12.5. The summed E-state index contributed by atoms with van der Waals surface area (Å²) >= 11 is 1.37. The van der Waals surface area contributed by atoms with E-state index in [1.165, 1.54) is 17.3 Å². The topological polar surface area (TPSA) is 60.7 Å². The summed E-state index contributed by atoms with van der Waals surface area (Å²) in [6.07, 6.45) is 0. The van der Waals surface area contributed by atoms with Crippen LogP contribution in [-0.2, 0) is 0 Å². The lowest BCUT2D eigenvalue weighted by Gasteiger charge is -2.11. The lowest BCUT2D eigenvalue weighted by Crippen LogP contribution is -2.14. The molecule has 3 rings (SSSR count). The predicted octanol–water partition coefficient (Wildman–Crippen LogP) is 4.46. The van der Waals surface area contributed by atoms with Gasteiger partial charge in [0.05, 0.1) is 10.9 Å². The van der Waals surface area contributed by atoms with Crippen LogP contribution in [-0.4, -0.2) is 31.2 Å². The van der Waals surface area contributed by atoms with Crippen molar-refractivity contribution in [1.29, 1.82) is 0 Å². The Balaban J connectivity index is 1.78. The molecule has 0 N–H and O–H groups in total. The van der Waals surface area contributed by atoms with E-state index in [9.17, 15) is 4.79 Å². The molecule has 26 heavy (non-hydrogen) atoms. The number of tetrazole rings is 1. The average Bonchev–Trinajstić information content (AvgIpc) is 3.10. The molecule has 6 heteroatoms. The highest BCUT2D eigenvalue weighted by Crippen LogP contribution is 2.26. The number of hydrogen-bond acceptors (Lipinski definition) is 5. The van der Waals surface area contributed by atoms with E-state index < -0.39 is 0 Å². The fourth-order valence-electron chi connectivity index (χ4n) is 2.58. The largest absolute Gasteiger partial charge is 0.293 e. The van der Waals surface area contributed by atoms with E-state index in [0.717, 1.165) is 11.3 Å². The molecule has 3 aromatic rings. The van der Waals surface area contributed by atoms with Gasteiger partial charge in [-0.05, 0) is 47.9 Å². The normalized spacial score (nSPS) is 12.3. The standard InChI is InChI=1S/C20H22N4OS/c1-13(2)16-9-11-18(12-10-16)24-20(21-22-23-24)26-15(4)19(25)17-7-5-14(3)6-8-17/h5-13,15H,1-4H3/t15-/m1/s1. The highest BCUT2D eigenvalue weighted by Gasteiger charge is 2.20. The molecular formula is C20H22N4OS. The minimum atomic E-state index is -0.280. The first kappa shape index (κ1) is 18.3. The summed E-state index contributed by atoms with van der Waals surface area (Å²) in [6, 6.07) is 15.8. The van der Waals surface area contributed by atoms with Crippen LogP contribution >= 0.6 is 11.8 Å². The fourth-order valence-corrected chi connectivity index (χ4v) is 3.46. The maximum Gasteiger partial charge on any atom is 0.214 e. The second kappa shape index (κ2) is 7.83. The molecule has 0 spiro atoms. The number of aromatic nitrogens is 4. The number of thioether (sulfide) groups is 1. The molecule has 1 heterocycles. The van der Waals surface area contributed by atoms with Crippen molar-refractivity contribution in [3.63, 3.8) is 0 Å². The van der Waals surface area contributed by atoms with Crippen LogP contribution in [0.4, 0.5) is 0 Å². The maximum atomic E-state index is 12.7. The van der Waals surface area contributed by atoms with Crippen molar-refractivity contribution in [2.75, 3.05) is 0 Å². The van der Waals surface area contributed by atoms with Gasteiger partial charge in [0.25, 0.3) is 0 Å². The first-order valence-corrected chi connectivity index (χ1v) is 9.50. The Morgan fingerprint density at radius 3 is 2.27 bits per heavy atom. The smallest absolute Gasteiger partial charge is 0.214 e. The van der Waals surface area contributed by atoms with Gasteiger partial charge in [-0.15, -0.1) is 5.10 Å². The van der Waals surface area contributed by atoms with Gasteiger partial charge in [-0.1, -0.05) is 67.6 Å². The van der Waals surface area contributed by atoms with Crippen molar-refractivity contribution in [2.24, 2.45) is 0 Å². The molecular weight excluding hydrogens is 344 g/mol. The minimum absolute atomic E-state index is 0.0692. The number of ketones is 1. The Bertz CT molecular complexity index is 885. The molecule has 1 aromatic heterocycles. The number of hydrogen-bond donors (Lipinski definition) is 0. The van der Waals surface area contributed by atoms with Crippen LogP contribution in [0, 0.1) is 6.92 Å². The third kappa shape index (κ3) is 4.02. The summed E-state index contributed by atoms with van der Waals surface area (Å²) in [5.41, 5.74) is 3.99. The second-order valence-electron chi connectivity index (χ2n) is 6.61. The van der Waals surface area contributed by atoms with Gasteiger partial charge in [0.2, 0.25) is 5.16 Å². The summed E-state index contributed by atoms with van der Waals surface area (Å²) < 4.78 is 1.67. The molecule has 0 aliphatic rings. The number of nitrogens with zero attached hydrogens (tertiary/aromatic N) is 4. The van der Waals surface area contributed by atoms with E-state index in [1.54, 1.807) is 4.68 Å². The molecule has 1 atom stereocenters. The highest BCUT2D eigenvalue weighted by molar-refractivity contribution is 8.00. The zero-order valence-corrected chi connectivity index (χ0v) is 16.2. The molecule has 0 bridgehead atoms. The van der Waals surface area contributed by atoms with E-state index in [0.29, 0.717) is 16.6 Å². The Labute approximate surface area is 157 Å². The molecule has 0 unspecified atom stereocenters. The molecule has 0 fully saturated rings. The van der Waals surface area contributed by atoms with Crippen molar-refractivity contribution in [2.45, 2.75) is 44.0 Å². The molecule has 0 saturated carbocycles. The molecule has 134 valence electrons. The van der Waals surface area contributed by atoms with Crippen LogP contribution in [0.25, 0.3) is 5.69 Å². The van der Waals surface area contributed by atoms with E-state index in [4.69, 9.17) is 0 Å². The molecule has 0 aliphatic heterocycles. The van der Waals surface area contributed by atoms with Gasteiger partial charge in [-0.3, -0.25) is 4.79 Å². The van der Waals surface area contributed by atoms with Gasteiger partial charge in [-0.2, -0.15) is 4.68 Å². The maximum absolute atomic E-state index is 12.7. The average molecular weight is 366 g/mol.